The third-order valence-electron chi connectivity index (χ3n) is 7.38. The Balaban J connectivity index is 1.77. The lowest BCUT2D eigenvalue weighted by Crippen LogP contribution is -2.55. The van der Waals surface area contributed by atoms with Crippen molar-refractivity contribution < 1.29 is 23.4 Å². The van der Waals surface area contributed by atoms with Crippen LogP contribution in [0.3, 0.4) is 0 Å². The van der Waals surface area contributed by atoms with Gasteiger partial charge in [0.2, 0.25) is 6.04 Å². The molecular formula is C23H41NO5Si. The molecule has 0 N–H and O–H groups in total. The third kappa shape index (κ3) is 5.11. The van der Waals surface area contributed by atoms with Gasteiger partial charge >= 0.3 is 0 Å². The summed E-state index contributed by atoms with van der Waals surface area (Å²) in [6.45, 7) is 25.6. The largest absolute Gasteiger partial charge is 0.414 e. The van der Waals surface area contributed by atoms with E-state index < -0.39 is 19.7 Å². The second kappa shape index (κ2) is 8.46. The van der Waals surface area contributed by atoms with E-state index in [1.807, 2.05) is 20.8 Å². The summed E-state index contributed by atoms with van der Waals surface area (Å²) < 4.78 is 31.9. The van der Waals surface area contributed by atoms with Crippen LogP contribution < -0.4 is 0 Å². The Bertz CT molecular complexity index is 655. The van der Waals surface area contributed by atoms with Gasteiger partial charge in [-0.25, -0.2) is 6.57 Å². The van der Waals surface area contributed by atoms with Crippen LogP contribution >= 0.6 is 0 Å². The Kier molecular flexibility index (Phi) is 6.81. The number of hydrogen-bond acceptors (Lipinski definition) is 5. The molecule has 172 valence electrons. The first-order valence-electron chi connectivity index (χ1n) is 11.4. The van der Waals surface area contributed by atoms with Crippen LogP contribution in [0.2, 0.25) is 18.1 Å². The highest BCUT2D eigenvalue weighted by molar-refractivity contribution is 6.74. The van der Waals surface area contributed by atoms with E-state index in [1.165, 1.54) is 0 Å². The second-order valence-electron chi connectivity index (χ2n) is 11.4. The van der Waals surface area contributed by atoms with E-state index in [0.717, 1.165) is 25.7 Å². The Morgan fingerprint density at radius 2 is 1.87 bits per heavy atom. The van der Waals surface area contributed by atoms with Gasteiger partial charge < -0.3 is 28.2 Å². The Morgan fingerprint density at radius 1 is 1.17 bits per heavy atom. The number of ether oxygens (including phenoxy) is 4. The smallest absolute Gasteiger partial charge is 0.223 e. The van der Waals surface area contributed by atoms with Crippen molar-refractivity contribution >= 4 is 8.32 Å². The SMILES string of the molecule is [C-]#[N+][C@H](C)C[C@H]1CC[C@@H]2O[C@@H](C3COC(C)(C)O3)C[C@]2(CO[Si](C)(C)C(C)(C)C)O1. The topological polar surface area (TPSA) is 50.5 Å². The highest BCUT2D eigenvalue weighted by Crippen LogP contribution is 2.47. The molecule has 0 bridgehead atoms. The minimum atomic E-state index is -1.93. The Hall–Kier alpha value is -0.493. The van der Waals surface area contributed by atoms with Crippen LogP contribution in [-0.4, -0.2) is 63.4 Å². The monoisotopic (exact) mass is 439 g/mol. The Morgan fingerprint density at radius 3 is 2.43 bits per heavy atom. The summed E-state index contributed by atoms with van der Waals surface area (Å²) in [5.74, 6) is -0.568. The van der Waals surface area contributed by atoms with E-state index in [1.54, 1.807) is 0 Å². The minimum Gasteiger partial charge on any atom is -0.414 e. The minimum absolute atomic E-state index is 0.000855. The van der Waals surface area contributed by atoms with Gasteiger partial charge in [-0.15, -0.1) is 0 Å². The molecule has 3 saturated heterocycles. The van der Waals surface area contributed by atoms with E-state index in [4.69, 9.17) is 29.9 Å². The average Bonchev–Trinajstić information content (AvgIpc) is 3.19. The quantitative estimate of drug-likeness (QED) is 0.434. The van der Waals surface area contributed by atoms with E-state index in [2.05, 4.69) is 38.7 Å². The fraction of sp³-hybridized carbons (Fsp3) is 0.957. The molecule has 3 rings (SSSR count). The van der Waals surface area contributed by atoms with Crippen molar-refractivity contribution in [2.45, 2.75) is 127 Å². The van der Waals surface area contributed by atoms with Crippen molar-refractivity contribution in [3.05, 3.63) is 11.4 Å². The summed E-state index contributed by atoms with van der Waals surface area (Å²) in [5.41, 5.74) is -0.471. The molecule has 0 radical (unpaired) electrons. The zero-order chi connectivity index (χ0) is 22.4. The van der Waals surface area contributed by atoms with Crippen LogP contribution in [0.4, 0.5) is 0 Å². The van der Waals surface area contributed by atoms with Crippen LogP contribution in [0.15, 0.2) is 0 Å². The lowest BCUT2D eigenvalue weighted by Gasteiger charge is -2.45. The van der Waals surface area contributed by atoms with Gasteiger partial charge in [0.05, 0.1) is 31.5 Å². The van der Waals surface area contributed by atoms with Gasteiger partial charge in [-0.05, 0) is 44.8 Å². The molecule has 7 heteroatoms. The molecule has 3 heterocycles. The van der Waals surface area contributed by atoms with Crippen LogP contribution in [0.5, 0.6) is 0 Å². The first kappa shape index (κ1) is 24.2. The maximum Gasteiger partial charge on any atom is 0.223 e. The molecule has 0 saturated carbocycles. The summed E-state index contributed by atoms with van der Waals surface area (Å²) in [7, 11) is -1.93. The van der Waals surface area contributed by atoms with Gasteiger partial charge in [-0.3, -0.25) is 0 Å². The van der Waals surface area contributed by atoms with E-state index >= 15 is 0 Å². The molecule has 0 aromatic carbocycles. The van der Waals surface area contributed by atoms with E-state index in [9.17, 15) is 0 Å². The summed E-state index contributed by atoms with van der Waals surface area (Å²) >= 11 is 0. The second-order valence-corrected chi connectivity index (χ2v) is 16.2. The van der Waals surface area contributed by atoms with E-state index in [-0.39, 0.29) is 35.5 Å². The zero-order valence-corrected chi connectivity index (χ0v) is 21.1. The fourth-order valence-electron chi connectivity index (χ4n) is 4.46. The molecule has 3 aliphatic heterocycles. The molecule has 0 aliphatic carbocycles. The summed E-state index contributed by atoms with van der Waals surface area (Å²) in [5, 5.41) is 0.136. The van der Waals surface area contributed by atoms with Crippen molar-refractivity contribution in [2.75, 3.05) is 13.2 Å². The van der Waals surface area contributed by atoms with Gasteiger partial charge in [0.25, 0.3) is 0 Å². The first-order chi connectivity index (χ1) is 13.8. The van der Waals surface area contributed by atoms with Crippen molar-refractivity contribution in [1.29, 1.82) is 0 Å². The maximum absolute atomic E-state index is 7.33. The molecule has 0 amide bonds. The number of fused-ring (bicyclic) bond motifs is 1. The number of hydrogen-bond donors (Lipinski definition) is 0. The molecule has 3 fully saturated rings. The third-order valence-corrected chi connectivity index (χ3v) is 11.9. The fourth-order valence-corrected chi connectivity index (χ4v) is 5.50. The van der Waals surface area contributed by atoms with Crippen LogP contribution in [0.1, 0.15) is 67.2 Å². The van der Waals surface area contributed by atoms with Gasteiger partial charge in [0, 0.05) is 19.8 Å². The van der Waals surface area contributed by atoms with Gasteiger partial charge in [0.15, 0.2) is 14.1 Å². The van der Waals surface area contributed by atoms with Gasteiger partial charge in [0.1, 0.15) is 11.7 Å². The first-order valence-corrected chi connectivity index (χ1v) is 14.3. The maximum atomic E-state index is 7.33. The predicted octanol–water partition coefficient (Wildman–Crippen LogP) is 4.93. The van der Waals surface area contributed by atoms with Gasteiger partial charge in [-0.2, -0.15) is 0 Å². The average molecular weight is 440 g/mol. The molecule has 6 atom stereocenters. The summed E-state index contributed by atoms with van der Waals surface area (Å²) in [6, 6.07) is -0.0320. The molecule has 1 unspecified atom stereocenters. The van der Waals surface area contributed by atoms with Crippen LogP contribution in [0, 0.1) is 6.57 Å². The van der Waals surface area contributed by atoms with Crippen molar-refractivity contribution in [2.24, 2.45) is 0 Å². The summed E-state index contributed by atoms with van der Waals surface area (Å²) in [4.78, 5) is 3.68. The lowest BCUT2D eigenvalue weighted by molar-refractivity contribution is -0.185. The lowest BCUT2D eigenvalue weighted by atomic mass is 9.85. The molecule has 6 nitrogen and oxygen atoms in total. The molecular weight excluding hydrogens is 398 g/mol. The highest BCUT2D eigenvalue weighted by Gasteiger charge is 2.57. The van der Waals surface area contributed by atoms with Crippen molar-refractivity contribution in [3.63, 3.8) is 0 Å². The van der Waals surface area contributed by atoms with Crippen molar-refractivity contribution in [3.8, 4) is 0 Å². The zero-order valence-electron chi connectivity index (χ0n) is 20.1. The standard InChI is InChI=1S/C23H41NO5Si/c1-16(24-7)12-17-10-11-20-23(28-17,15-26-30(8,9)21(2,3)4)13-18(27-20)19-14-25-22(5,6)29-19/h16-20H,10-15H2,1-6,8-9H3/t16-,17-,18-,19?,20+,23-/m1/s1. The molecule has 0 aromatic heterocycles. The molecule has 0 aromatic rings. The number of nitrogens with zero attached hydrogens (tertiary/aromatic N) is 1. The highest BCUT2D eigenvalue weighted by atomic mass is 28.4. The van der Waals surface area contributed by atoms with Crippen LogP contribution in [0.25, 0.3) is 4.85 Å². The van der Waals surface area contributed by atoms with Gasteiger partial charge in [-0.1, -0.05) is 20.8 Å². The molecule has 3 aliphatic rings. The number of rotatable bonds is 6. The Labute approximate surface area is 183 Å². The van der Waals surface area contributed by atoms with Crippen LogP contribution in [-0.2, 0) is 23.4 Å². The molecule has 30 heavy (non-hydrogen) atoms. The normalized spacial score (nSPS) is 37.6. The summed E-state index contributed by atoms with van der Waals surface area (Å²) in [6.07, 6.45) is 3.30. The van der Waals surface area contributed by atoms with E-state index in [0.29, 0.717) is 13.2 Å². The predicted molar refractivity (Wildman–Crippen MR) is 119 cm³/mol. The molecule has 0 spiro atoms. The van der Waals surface area contributed by atoms with Crippen molar-refractivity contribution in [1.82, 2.24) is 0 Å².